The predicted octanol–water partition coefficient (Wildman–Crippen LogP) is 0.891. The topological polar surface area (TPSA) is 73.3 Å². The summed E-state index contributed by atoms with van der Waals surface area (Å²) in [5.74, 6) is -0.649. The van der Waals surface area contributed by atoms with Crippen LogP contribution in [0.15, 0.2) is 59.2 Å². The lowest BCUT2D eigenvalue weighted by molar-refractivity contribution is -0.136. The molecule has 3 atom stereocenters. The molecule has 3 aliphatic heterocycles. The van der Waals surface area contributed by atoms with E-state index in [-0.39, 0.29) is 36.0 Å². The summed E-state index contributed by atoms with van der Waals surface area (Å²) in [5, 5.41) is 9.38. The monoisotopic (exact) mass is 381 g/mol. The number of ether oxygens (including phenoxy) is 1. The summed E-state index contributed by atoms with van der Waals surface area (Å²) in [7, 11) is 2.13. The Morgan fingerprint density at radius 1 is 1.21 bits per heavy atom. The number of nitrogens with zero attached hydrogens (tertiary/aromatic N) is 3. The molecule has 7 heteroatoms. The van der Waals surface area contributed by atoms with Gasteiger partial charge in [-0.05, 0) is 30.8 Å². The fourth-order valence-electron chi connectivity index (χ4n) is 4.67. The van der Waals surface area contributed by atoms with E-state index in [0.717, 1.165) is 43.2 Å². The number of carbonyl (C=O) groups excluding carboxylic acids is 1. The molecule has 5 rings (SSSR count). The highest BCUT2D eigenvalue weighted by Gasteiger charge is 2.47. The second-order valence-corrected chi connectivity index (χ2v) is 7.89. The van der Waals surface area contributed by atoms with E-state index in [0.29, 0.717) is 0 Å². The zero-order valence-electron chi connectivity index (χ0n) is 15.7. The van der Waals surface area contributed by atoms with Crippen LogP contribution in [0.3, 0.4) is 0 Å². The molecule has 3 unspecified atom stereocenters. The van der Waals surface area contributed by atoms with Crippen LogP contribution in [0.1, 0.15) is 6.42 Å². The highest BCUT2D eigenvalue weighted by molar-refractivity contribution is 6.17. The number of hydrogen-bond acceptors (Lipinski definition) is 6. The third-order valence-corrected chi connectivity index (χ3v) is 6.20. The third kappa shape index (κ3) is 2.61. The van der Waals surface area contributed by atoms with Crippen molar-refractivity contribution in [3.05, 3.63) is 59.2 Å². The number of ketones is 1. The van der Waals surface area contributed by atoms with Gasteiger partial charge in [0.05, 0.1) is 18.2 Å². The minimum atomic E-state index is -1.16. The quantitative estimate of drug-likeness (QED) is 0.712. The molecule has 0 aromatic heterocycles. The summed E-state index contributed by atoms with van der Waals surface area (Å²) in [6.45, 7) is 3.86. The third-order valence-electron chi connectivity index (χ3n) is 6.20. The Balaban J connectivity index is 1.55. The second-order valence-electron chi connectivity index (χ2n) is 7.89. The van der Waals surface area contributed by atoms with E-state index in [1.165, 1.54) is 0 Å². The molecule has 0 amide bonds. The van der Waals surface area contributed by atoms with Gasteiger partial charge in [-0.15, -0.1) is 0 Å². The van der Waals surface area contributed by atoms with Crippen LogP contribution in [0.2, 0.25) is 0 Å². The van der Waals surface area contributed by atoms with Crippen LogP contribution in [0, 0.1) is 0 Å². The number of carboxylic acid groups (broad SMARTS) is 1. The lowest BCUT2D eigenvalue weighted by Crippen LogP contribution is -2.57. The number of carbonyl (C=O) groups is 2. The maximum atomic E-state index is 12.3. The maximum Gasteiger partial charge on any atom is 0.339 e. The van der Waals surface area contributed by atoms with Crippen molar-refractivity contribution < 1.29 is 19.4 Å². The summed E-state index contributed by atoms with van der Waals surface area (Å²) in [4.78, 5) is 30.6. The molecule has 0 spiro atoms. The van der Waals surface area contributed by atoms with E-state index in [4.69, 9.17) is 4.74 Å². The molecule has 5 aliphatic rings. The van der Waals surface area contributed by atoms with Crippen molar-refractivity contribution in [2.24, 2.45) is 0 Å². The molecule has 3 heterocycles. The number of allylic oxidation sites excluding steroid dienone is 3. The Kier molecular flexibility index (Phi) is 3.94. The number of Topliss-reactive ketones (excluding diaryl/α,β-unsaturated/α-hetero) is 1. The number of fused-ring (bicyclic) bond motifs is 2. The molecule has 0 saturated carbocycles. The largest absolute Gasteiger partial charge is 0.487 e. The summed E-state index contributed by atoms with van der Waals surface area (Å²) in [6, 6.07) is -0.344. The van der Waals surface area contributed by atoms with Gasteiger partial charge in [0.15, 0.2) is 5.78 Å². The number of likely N-dealkylation sites (N-methyl/N-ethyl adjacent to an activating group) is 1. The van der Waals surface area contributed by atoms with Crippen molar-refractivity contribution in [3.8, 4) is 0 Å². The van der Waals surface area contributed by atoms with Gasteiger partial charge in [0.25, 0.3) is 0 Å². The number of hydrogen-bond donors (Lipinski definition) is 1. The molecular formula is C21H23N3O4. The van der Waals surface area contributed by atoms with Crippen molar-refractivity contribution >= 4 is 11.8 Å². The fourth-order valence-corrected chi connectivity index (χ4v) is 4.67. The highest BCUT2D eigenvalue weighted by atomic mass is 16.5. The molecule has 0 aromatic rings. The number of morpholine rings is 1. The summed E-state index contributed by atoms with van der Waals surface area (Å²) >= 11 is 0. The number of carboxylic acids is 1. The molecule has 0 aromatic carbocycles. The van der Waals surface area contributed by atoms with Crippen molar-refractivity contribution in [1.29, 1.82) is 0 Å². The maximum absolute atomic E-state index is 12.3. The molecule has 0 bridgehead atoms. The standard InChI is InChI=1S/C21H23N3O4/c1-22-7-9-23(10-8-22)15-5-4-13-3-2-6-24-16-11-14(21(26)27)17(25)12-18(16)28-20(15)19(13)24/h2-6,11,16,18-19H,7-10,12H2,1H3,(H,26,27). The fraction of sp³-hybridized carbons (Fsp3) is 0.429. The van der Waals surface area contributed by atoms with Crippen LogP contribution >= 0.6 is 0 Å². The van der Waals surface area contributed by atoms with Crippen LogP contribution in [-0.2, 0) is 14.3 Å². The van der Waals surface area contributed by atoms with Gasteiger partial charge in [0.2, 0.25) is 0 Å². The average molecular weight is 381 g/mol. The van der Waals surface area contributed by atoms with Gasteiger partial charge >= 0.3 is 5.97 Å². The molecule has 146 valence electrons. The predicted molar refractivity (Wildman–Crippen MR) is 102 cm³/mol. The van der Waals surface area contributed by atoms with Gasteiger partial charge < -0.3 is 24.5 Å². The van der Waals surface area contributed by atoms with E-state index < -0.39 is 5.97 Å². The van der Waals surface area contributed by atoms with Crippen molar-refractivity contribution in [2.45, 2.75) is 24.6 Å². The molecule has 2 fully saturated rings. The van der Waals surface area contributed by atoms with Crippen LogP contribution in [0.25, 0.3) is 0 Å². The Hall–Kier alpha value is -2.80. The summed E-state index contributed by atoms with van der Waals surface area (Å²) in [6.07, 6.45) is 11.5. The van der Waals surface area contributed by atoms with E-state index in [2.05, 4.69) is 40.0 Å². The van der Waals surface area contributed by atoms with Crippen LogP contribution in [0.5, 0.6) is 0 Å². The summed E-state index contributed by atoms with van der Waals surface area (Å²) < 4.78 is 6.42. The van der Waals surface area contributed by atoms with E-state index in [1.807, 2.05) is 12.3 Å². The van der Waals surface area contributed by atoms with Gasteiger partial charge in [-0.2, -0.15) is 0 Å². The molecule has 0 radical (unpaired) electrons. The molecular weight excluding hydrogens is 358 g/mol. The molecule has 28 heavy (non-hydrogen) atoms. The van der Waals surface area contributed by atoms with Gasteiger partial charge in [-0.1, -0.05) is 12.2 Å². The van der Waals surface area contributed by atoms with Crippen LogP contribution in [0.4, 0.5) is 0 Å². The lowest BCUT2D eigenvalue weighted by Gasteiger charge is -2.51. The first-order valence-electron chi connectivity index (χ1n) is 9.69. The van der Waals surface area contributed by atoms with E-state index in [9.17, 15) is 14.7 Å². The van der Waals surface area contributed by atoms with Crippen LogP contribution in [-0.4, -0.2) is 83.0 Å². The van der Waals surface area contributed by atoms with Gasteiger partial charge in [-0.25, -0.2) is 4.79 Å². The SMILES string of the molecule is CN1CCN(C2=C3OC4CC(=O)C(C(=O)O)=CC4N4C=CC=C(C=C2)C34)CC1. The minimum absolute atomic E-state index is 0.0783. The first-order valence-corrected chi connectivity index (χ1v) is 9.69. The van der Waals surface area contributed by atoms with Crippen LogP contribution < -0.4 is 0 Å². The van der Waals surface area contributed by atoms with Gasteiger partial charge in [0.1, 0.15) is 23.5 Å². The Bertz CT molecular complexity index is 889. The zero-order chi connectivity index (χ0) is 19.4. The first-order chi connectivity index (χ1) is 13.5. The average Bonchev–Trinajstić information content (AvgIpc) is 2.68. The number of piperazine rings is 1. The Morgan fingerprint density at radius 3 is 2.75 bits per heavy atom. The molecule has 1 N–H and O–H groups in total. The number of rotatable bonds is 2. The molecule has 2 aliphatic carbocycles. The molecule has 2 saturated heterocycles. The smallest absolute Gasteiger partial charge is 0.339 e. The molecule has 7 nitrogen and oxygen atoms in total. The van der Waals surface area contributed by atoms with Gasteiger partial charge in [0, 0.05) is 32.4 Å². The van der Waals surface area contributed by atoms with Gasteiger partial charge in [-0.3, -0.25) is 4.79 Å². The highest BCUT2D eigenvalue weighted by Crippen LogP contribution is 2.42. The van der Waals surface area contributed by atoms with Crippen molar-refractivity contribution in [1.82, 2.24) is 14.7 Å². The lowest BCUT2D eigenvalue weighted by atomic mass is 9.84. The number of aliphatic carboxylic acids is 1. The second kappa shape index (κ2) is 6.38. The minimum Gasteiger partial charge on any atom is -0.487 e. The van der Waals surface area contributed by atoms with Crippen molar-refractivity contribution in [2.75, 3.05) is 33.2 Å². The van der Waals surface area contributed by atoms with E-state index >= 15 is 0 Å². The van der Waals surface area contributed by atoms with E-state index in [1.54, 1.807) is 6.08 Å². The zero-order valence-corrected chi connectivity index (χ0v) is 15.7. The Labute approximate surface area is 163 Å². The Morgan fingerprint density at radius 2 is 2.00 bits per heavy atom. The first kappa shape index (κ1) is 17.3. The summed E-state index contributed by atoms with van der Waals surface area (Å²) in [5.41, 5.74) is 2.07. The van der Waals surface area contributed by atoms with Crippen molar-refractivity contribution in [3.63, 3.8) is 0 Å². The normalized spacial score (nSPS) is 31.8.